The Labute approximate surface area is 87.9 Å². The van der Waals surface area contributed by atoms with Crippen molar-refractivity contribution >= 4 is 15.8 Å². The molecule has 1 aromatic heterocycles. The first-order valence-electron chi connectivity index (χ1n) is 4.57. The molecule has 0 spiro atoms. The molecule has 4 N–H and O–H groups in total. The summed E-state index contributed by atoms with van der Waals surface area (Å²) in [4.78, 5) is 3.92. The van der Waals surface area contributed by atoms with Crippen LogP contribution in [0.5, 0.6) is 0 Å². The van der Waals surface area contributed by atoms with Gasteiger partial charge in [0, 0.05) is 12.2 Å². The van der Waals surface area contributed by atoms with Crippen LogP contribution in [-0.2, 0) is 10.0 Å². The predicted octanol–water partition coefficient (Wildman–Crippen LogP) is -0.192. The Hall–Kier alpha value is -1.18. The molecule has 0 aliphatic heterocycles. The van der Waals surface area contributed by atoms with E-state index in [0.717, 1.165) is 12.8 Å². The van der Waals surface area contributed by atoms with E-state index in [4.69, 9.17) is 5.84 Å². The van der Waals surface area contributed by atoms with Crippen LogP contribution in [-0.4, -0.2) is 19.4 Å². The van der Waals surface area contributed by atoms with E-state index in [1.54, 1.807) is 6.07 Å². The quantitative estimate of drug-likeness (QED) is 0.490. The van der Waals surface area contributed by atoms with Gasteiger partial charge in [-0.3, -0.25) is 0 Å². The lowest BCUT2D eigenvalue weighted by Crippen LogP contribution is -2.27. The predicted molar refractivity (Wildman–Crippen MR) is 55.4 cm³/mol. The molecule has 0 saturated heterocycles. The van der Waals surface area contributed by atoms with E-state index >= 15 is 0 Å². The Morgan fingerprint density at radius 1 is 1.47 bits per heavy atom. The summed E-state index contributed by atoms with van der Waals surface area (Å²) in [5, 5.41) is 0. The lowest BCUT2D eigenvalue weighted by atomic mass is 10.5. The number of nitrogens with one attached hydrogen (secondary N) is 2. The second-order valence-corrected chi connectivity index (χ2v) is 5.07. The molecule has 82 valence electrons. The lowest BCUT2D eigenvalue weighted by molar-refractivity contribution is 0.581. The second-order valence-electron chi connectivity index (χ2n) is 3.39. The zero-order chi connectivity index (χ0) is 10.9. The summed E-state index contributed by atoms with van der Waals surface area (Å²) in [5.41, 5.74) is 2.27. The maximum Gasteiger partial charge on any atom is 0.244 e. The third-order valence-corrected chi connectivity index (χ3v) is 3.65. The summed E-state index contributed by atoms with van der Waals surface area (Å²) in [6, 6.07) is 3.09. The summed E-state index contributed by atoms with van der Waals surface area (Å²) in [7, 11) is -3.49. The SMILES string of the molecule is NNc1ncccc1S(=O)(=O)NC1CC1. The zero-order valence-corrected chi connectivity index (χ0v) is 8.79. The fraction of sp³-hybridized carbons (Fsp3) is 0.375. The van der Waals surface area contributed by atoms with Crippen LogP contribution in [0.4, 0.5) is 5.82 Å². The Kier molecular flexibility index (Phi) is 2.59. The second kappa shape index (κ2) is 3.76. The van der Waals surface area contributed by atoms with Crippen molar-refractivity contribution in [2.75, 3.05) is 5.43 Å². The molecule has 2 rings (SSSR count). The number of anilines is 1. The minimum Gasteiger partial charge on any atom is -0.307 e. The van der Waals surface area contributed by atoms with Crippen LogP contribution in [0.3, 0.4) is 0 Å². The molecule has 0 unspecified atom stereocenters. The van der Waals surface area contributed by atoms with Gasteiger partial charge in [0.05, 0.1) is 0 Å². The zero-order valence-electron chi connectivity index (χ0n) is 7.97. The molecule has 1 fully saturated rings. The molecule has 0 atom stereocenters. The number of rotatable bonds is 4. The van der Waals surface area contributed by atoms with Gasteiger partial charge in [0.15, 0.2) is 5.82 Å². The van der Waals surface area contributed by atoms with Crippen LogP contribution in [0.25, 0.3) is 0 Å². The van der Waals surface area contributed by atoms with Crippen LogP contribution in [0.2, 0.25) is 0 Å². The first-order valence-corrected chi connectivity index (χ1v) is 6.06. The first kappa shape index (κ1) is 10.3. The number of nitrogen functional groups attached to an aromatic ring is 1. The van der Waals surface area contributed by atoms with Crippen molar-refractivity contribution in [1.82, 2.24) is 9.71 Å². The van der Waals surface area contributed by atoms with Crippen LogP contribution >= 0.6 is 0 Å². The number of hydrazine groups is 1. The van der Waals surface area contributed by atoms with Gasteiger partial charge in [-0.1, -0.05) is 0 Å². The van der Waals surface area contributed by atoms with Crippen molar-refractivity contribution in [2.45, 2.75) is 23.8 Å². The van der Waals surface area contributed by atoms with Gasteiger partial charge in [0.1, 0.15) is 4.90 Å². The topological polar surface area (TPSA) is 97.1 Å². The highest BCUT2D eigenvalue weighted by Gasteiger charge is 2.29. The molecule has 7 heteroatoms. The van der Waals surface area contributed by atoms with Gasteiger partial charge >= 0.3 is 0 Å². The maximum absolute atomic E-state index is 11.8. The van der Waals surface area contributed by atoms with Crippen molar-refractivity contribution in [3.05, 3.63) is 18.3 Å². The van der Waals surface area contributed by atoms with Crippen LogP contribution < -0.4 is 16.0 Å². The molecule has 0 bridgehead atoms. The largest absolute Gasteiger partial charge is 0.307 e. The van der Waals surface area contributed by atoms with Gasteiger partial charge in [0.2, 0.25) is 10.0 Å². The minimum absolute atomic E-state index is 0.0702. The van der Waals surface area contributed by atoms with Gasteiger partial charge in [-0.15, -0.1) is 0 Å². The number of hydrogen-bond acceptors (Lipinski definition) is 5. The maximum atomic E-state index is 11.8. The molecule has 1 saturated carbocycles. The first-order chi connectivity index (χ1) is 7.13. The summed E-state index contributed by atoms with van der Waals surface area (Å²) in [6.45, 7) is 0. The summed E-state index contributed by atoms with van der Waals surface area (Å²) >= 11 is 0. The Bertz CT molecular complexity index is 455. The molecular formula is C8H12N4O2S. The molecule has 1 aliphatic carbocycles. The van der Waals surface area contributed by atoms with E-state index in [2.05, 4.69) is 15.1 Å². The van der Waals surface area contributed by atoms with Crippen LogP contribution in [0.15, 0.2) is 23.2 Å². The van der Waals surface area contributed by atoms with E-state index in [1.807, 2.05) is 0 Å². The van der Waals surface area contributed by atoms with E-state index in [0.29, 0.717) is 0 Å². The Morgan fingerprint density at radius 3 is 2.80 bits per heavy atom. The number of sulfonamides is 1. The van der Waals surface area contributed by atoms with Gasteiger partial charge in [0.25, 0.3) is 0 Å². The number of nitrogens with zero attached hydrogens (tertiary/aromatic N) is 1. The van der Waals surface area contributed by atoms with Crippen LogP contribution in [0, 0.1) is 0 Å². The normalized spacial score (nSPS) is 16.3. The van der Waals surface area contributed by atoms with Gasteiger partial charge in [-0.2, -0.15) is 0 Å². The van der Waals surface area contributed by atoms with E-state index in [9.17, 15) is 8.42 Å². The highest BCUT2D eigenvalue weighted by Crippen LogP contribution is 2.24. The molecule has 1 heterocycles. The third kappa shape index (κ3) is 2.25. The fourth-order valence-corrected chi connectivity index (χ4v) is 2.63. The average Bonchev–Trinajstić information content (AvgIpc) is 3.01. The number of nitrogens with two attached hydrogens (primary N) is 1. The fourth-order valence-electron chi connectivity index (χ4n) is 1.20. The Morgan fingerprint density at radius 2 is 2.20 bits per heavy atom. The smallest absolute Gasteiger partial charge is 0.244 e. The van der Waals surface area contributed by atoms with Gasteiger partial charge in [-0.05, 0) is 25.0 Å². The van der Waals surface area contributed by atoms with E-state index in [1.165, 1.54) is 12.3 Å². The summed E-state index contributed by atoms with van der Waals surface area (Å²) in [5.74, 6) is 5.35. The number of aromatic nitrogens is 1. The third-order valence-electron chi connectivity index (χ3n) is 2.10. The minimum atomic E-state index is -3.49. The number of hydrogen-bond donors (Lipinski definition) is 3. The molecule has 1 aliphatic rings. The van der Waals surface area contributed by atoms with Crippen LogP contribution in [0.1, 0.15) is 12.8 Å². The van der Waals surface area contributed by atoms with E-state index < -0.39 is 10.0 Å². The molecule has 0 aromatic carbocycles. The molecule has 0 radical (unpaired) electrons. The standard InChI is InChI=1S/C8H12N4O2S/c9-11-8-7(2-1-5-10-8)15(13,14)12-6-3-4-6/h1-2,5-6,12H,3-4,9H2,(H,10,11). The number of pyridine rings is 1. The van der Waals surface area contributed by atoms with Gasteiger partial charge in [-0.25, -0.2) is 24.0 Å². The van der Waals surface area contributed by atoms with Crippen molar-refractivity contribution in [1.29, 1.82) is 0 Å². The highest BCUT2D eigenvalue weighted by atomic mass is 32.2. The van der Waals surface area contributed by atoms with E-state index in [-0.39, 0.29) is 16.8 Å². The Balaban J connectivity index is 2.34. The van der Waals surface area contributed by atoms with Gasteiger partial charge < -0.3 is 5.43 Å². The average molecular weight is 228 g/mol. The van der Waals surface area contributed by atoms with Crippen molar-refractivity contribution in [3.63, 3.8) is 0 Å². The van der Waals surface area contributed by atoms with Crippen molar-refractivity contribution in [3.8, 4) is 0 Å². The summed E-state index contributed by atoms with van der Waals surface area (Å²) in [6.07, 6.45) is 3.26. The monoisotopic (exact) mass is 228 g/mol. The highest BCUT2D eigenvalue weighted by molar-refractivity contribution is 7.89. The lowest BCUT2D eigenvalue weighted by Gasteiger charge is -2.08. The summed E-state index contributed by atoms with van der Waals surface area (Å²) < 4.78 is 26.2. The molecule has 15 heavy (non-hydrogen) atoms. The van der Waals surface area contributed by atoms with Crippen molar-refractivity contribution in [2.24, 2.45) is 5.84 Å². The molecule has 0 amide bonds. The molecule has 1 aromatic rings. The van der Waals surface area contributed by atoms with Crippen molar-refractivity contribution < 1.29 is 8.42 Å². The molecule has 6 nitrogen and oxygen atoms in total. The molecular weight excluding hydrogens is 216 g/mol.